The van der Waals surface area contributed by atoms with Crippen molar-refractivity contribution in [3.8, 4) is 0 Å². The first-order valence-electron chi connectivity index (χ1n) is 12.4. The average Bonchev–Trinajstić information content (AvgIpc) is 2.77. The van der Waals surface area contributed by atoms with E-state index >= 15 is 0 Å². The lowest BCUT2D eigenvalue weighted by molar-refractivity contribution is -0.127. The van der Waals surface area contributed by atoms with Gasteiger partial charge in [0.05, 0.1) is 32.5 Å². The highest BCUT2D eigenvalue weighted by atomic mass is 19.1. The number of alkyl halides is 1. The Labute approximate surface area is 199 Å². The molecule has 0 heterocycles. The summed E-state index contributed by atoms with van der Waals surface area (Å²) in [5.74, 6) is -0.352. The van der Waals surface area contributed by atoms with Crippen LogP contribution in [0.15, 0.2) is 0 Å². The molecule has 2 amide bonds. The fourth-order valence-electron chi connectivity index (χ4n) is 2.62. The van der Waals surface area contributed by atoms with Crippen LogP contribution in [0.3, 0.4) is 0 Å². The lowest BCUT2D eigenvalue weighted by Crippen LogP contribution is -2.34. The van der Waals surface area contributed by atoms with E-state index in [-0.39, 0.29) is 43.6 Å². The summed E-state index contributed by atoms with van der Waals surface area (Å²) in [6.45, 7) is 11.2. The van der Waals surface area contributed by atoms with E-state index in [0.717, 1.165) is 38.5 Å². The minimum atomic E-state index is -1.17. The fourth-order valence-corrected chi connectivity index (χ4v) is 2.62. The van der Waals surface area contributed by atoms with Crippen LogP contribution >= 0.6 is 0 Å². The van der Waals surface area contributed by atoms with E-state index in [2.05, 4.69) is 10.6 Å². The quantitative estimate of drug-likeness (QED) is 0.219. The molecule has 0 fully saturated rings. The number of nitrogens with one attached hydrogen (secondary N) is 2. The second kappa shape index (κ2) is 22.5. The van der Waals surface area contributed by atoms with Crippen LogP contribution in [0.4, 0.5) is 4.39 Å². The Morgan fingerprint density at radius 2 is 1.33 bits per heavy atom. The van der Waals surface area contributed by atoms with Crippen LogP contribution in [0.5, 0.6) is 0 Å². The minimum absolute atomic E-state index is 0.000453. The number of unbranched alkanes of at least 4 members (excludes halogenated alkanes) is 4. The van der Waals surface area contributed by atoms with E-state index in [4.69, 9.17) is 18.9 Å². The van der Waals surface area contributed by atoms with Crippen LogP contribution < -0.4 is 10.6 Å². The molecular weight excluding hydrogens is 431 g/mol. The summed E-state index contributed by atoms with van der Waals surface area (Å²) in [6.07, 6.45) is 4.53. The maximum atomic E-state index is 13.6. The highest BCUT2D eigenvalue weighted by molar-refractivity contribution is 5.77. The molecule has 33 heavy (non-hydrogen) atoms. The second-order valence-corrected chi connectivity index (χ2v) is 8.63. The molecule has 0 rings (SSSR count). The van der Waals surface area contributed by atoms with Gasteiger partial charge in [-0.1, -0.05) is 13.8 Å². The van der Waals surface area contributed by atoms with Crippen molar-refractivity contribution in [2.24, 2.45) is 5.92 Å². The molecule has 1 atom stereocenters. The zero-order chi connectivity index (χ0) is 24.7. The molecule has 9 heteroatoms. The van der Waals surface area contributed by atoms with Gasteiger partial charge in [0.2, 0.25) is 11.8 Å². The molecule has 0 aliphatic heterocycles. The summed E-state index contributed by atoms with van der Waals surface area (Å²) in [7, 11) is 0. The molecule has 0 aromatic heterocycles. The van der Waals surface area contributed by atoms with Gasteiger partial charge in [-0.3, -0.25) is 9.59 Å². The van der Waals surface area contributed by atoms with Gasteiger partial charge in [-0.2, -0.15) is 0 Å². The first-order chi connectivity index (χ1) is 15.8. The Kier molecular flexibility index (Phi) is 21.6. The molecule has 196 valence electrons. The zero-order valence-corrected chi connectivity index (χ0v) is 21.2. The Morgan fingerprint density at radius 1 is 0.758 bits per heavy atom. The molecule has 8 nitrogen and oxygen atoms in total. The largest absolute Gasteiger partial charge is 0.379 e. The van der Waals surface area contributed by atoms with Crippen LogP contribution in [0.2, 0.25) is 0 Å². The normalized spacial score (nSPS) is 12.3. The van der Waals surface area contributed by atoms with Crippen LogP contribution in [-0.2, 0) is 28.5 Å². The molecule has 2 N–H and O–H groups in total. The van der Waals surface area contributed by atoms with Gasteiger partial charge < -0.3 is 29.6 Å². The molecule has 0 saturated heterocycles. The molecule has 0 aliphatic carbocycles. The van der Waals surface area contributed by atoms with Crippen LogP contribution in [0, 0.1) is 5.92 Å². The molecule has 1 unspecified atom stereocenters. The Morgan fingerprint density at radius 3 is 1.91 bits per heavy atom. The molecule has 0 bridgehead atoms. The van der Waals surface area contributed by atoms with Crippen LogP contribution in [0.1, 0.15) is 66.2 Å². The third-order valence-corrected chi connectivity index (χ3v) is 4.61. The monoisotopic (exact) mass is 478 g/mol. The van der Waals surface area contributed by atoms with E-state index < -0.39 is 6.17 Å². The molecule has 0 radical (unpaired) electrons. The minimum Gasteiger partial charge on any atom is -0.379 e. The van der Waals surface area contributed by atoms with E-state index in [1.54, 1.807) is 13.8 Å². The lowest BCUT2D eigenvalue weighted by Gasteiger charge is -2.12. The van der Waals surface area contributed by atoms with Crippen LogP contribution in [-0.4, -0.2) is 83.4 Å². The predicted molar refractivity (Wildman–Crippen MR) is 127 cm³/mol. The van der Waals surface area contributed by atoms with Crippen molar-refractivity contribution < 1.29 is 32.9 Å². The smallest absolute Gasteiger partial charge is 0.246 e. The topological polar surface area (TPSA) is 95.1 Å². The summed E-state index contributed by atoms with van der Waals surface area (Å²) in [6, 6.07) is 0. The average molecular weight is 479 g/mol. The van der Waals surface area contributed by atoms with Crippen molar-refractivity contribution in [3.63, 3.8) is 0 Å². The molecular formula is C24H47FN2O6. The van der Waals surface area contributed by atoms with Gasteiger partial charge in [-0.25, -0.2) is 4.39 Å². The Bertz CT molecular complexity index is 480. The maximum Gasteiger partial charge on any atom is 0.246 e. The summed E-state index contributed by atoms with van der Waals surface area (Å²) in [5, 5.41) is 5.40. The molecule has 0 aromatic rings. The van der Waals surface area contributed by atoms with Crippen molar-refractivity contribution in [1.82, 2.24) is 10.6 Å². The lowest BCUT2D eigenvalue weighted by atomic mass is 10.2. The van der Waals surface area contributed by atoms with Crippen molar-refractivity contribution in [2.45, 2.75) is 78.5 Å². The second-order valence-electron chi connectivity index (χ2n) is 8.63. The number of hydrogen-bond acceptors (Lipinski definition) is 6. The fraction of sp³-hybridized carbons (Fsp3) is 0.917. The standard InChI is InChI=1S/C24H47FN2O6/c1-20(2)24(29)27-17-22(25)18-32-14-10-6-9-13-31-16-15-30-12-8-5-7-11-26-23(28)19-33-21(3)4/h20-22H,5-19H2,1-4H3,(H,26,28)(H,27,29). The Hall–Kier alpha value is -1.29. The summed E-state index contributed by atoms with van der Waals surface area (Å²) < 4.78 is 35.2. The number of halogens is 1. The number of carbonyl (C=O) groups excluding carboxylic acids is 2. The highest BCUT2D eigenvalue weighted by Crippen LogP contribution is 2.00. The van der Waals surface area contributed by atoms with Crippen LogP contribution in [0.25, 0.3) is 0 Å². The SMILES string of the molecule is CC(C)OCC(=O)NCCCCCOCCOCCCCCOCC(F)CNC(=O)C(C)C. The molecule has 0 aliphatic rings. The maximum absolute atomic E-state index is 13.6. The van der Waals surface area contributed by atoms with E-state index in [0.29, 0.717) is 39.6 Å². The number of carbonyl (C=O) groups is 2. The zero-order valence-electron chi connectivity index (χ0n) is 21.2. The van der Waals surface area contributed by atoms with Crippen molar-refractivity contribution in [1.29, 1.82) is 0 Å². The van der Waals surface area contributed by atoms with Gasteiger partial charge in [0.1, 0.15) is 12.8 Å². The highest BCUT2D eigenvalue weighted by Gasteiger charge is 2.11. The van der Waals surface area contributed by atoms with Crippen molar-refractivity contribution in [2.75, 3.05) is 59.3 Å². The molecule has 0 spiro atoms. The molecule has 0 saturated carbocycles. The van der Waals surface area contributed by atoms with E-state index in [9.17, 15) is 14.0 Å². The van der Waals surface area contributed by atoms with Gasteiger partial charge in [-0.15, -0.1) is 0 Å². The van der Waals surface area contributed by atoms with E-state index in [1.165, 1.54) is 0 Å². The van der Waals surface area contributed by atoms with Gasteiger partial charge in [0, 0.05) is 32.3 Å². The van der Waals surface area contributed by atoms with Gasteiger partial charge in [-0.05, 0) is 52.4 Å². The summed E-state index contributed by atoms with van der Waals surface area (Å²) in [4.78, 5) is 22.8. The van der Waals surface area contributed by atoms with Gasteiger partial charge >= 0.3 is 0 Å². The first-order valence-corrected chi connectivity index (χ1v) is 12.4. The van der Waals surface area contributed by atoms with E-state index in [1.807, 2.05) is 13.8 Å². The third kappa shape index (κ3) is 23.7. The van der Waals surface area contributed by atoms with Gasteiger partial charge in [0.25, 0.3) is 0 Å². The number of amides is 2. The molecule has 0 aromatic carbocycles. The van der Waals surface area contributed by atoms with Crippen molar-refractivity contribution >= 4 is 11.8 Å². The van der Waals surface area contributed by atoms with Gasteiger partial charge in [0.15, 0.2) is 0 Å². The third-order valence-electron chi connectivity index (χ3n) is 4.61. The number of hydrogen-bond donors (Lipinski definition) is 2. The number of ether oxygens (including phenoxy) is 4. The summed E-state index contributed by atoms with van der Waals surface area (Å²) in [5.41, 5.74) is 0. The predicted octanol–water partition coefficient (Wildman–Crippen LogP) is 3.03. The summed E-state index contributed by atoms with van der Waals surface area (Å²) >= 11 is 0. The number of rotatable bonds is 23. The Balaban J connectivity index is 3.22. The van der Waals surface area contributed by atoms with Crippen molar-refractivity contribution in [3.05, 3.63) is 0 Å². The first kappa shape index (κ1) is 31.7.